The molecule has 0 aliphatic rings. The normalized spacial score (nSPS) is 11.4. The van der Waals surface area contributed by atoms with Gasteiger partial charge in [0.1, 0.15) is 0 Å². The minimum absolute atomic E-state index is 0.0253. The van der Waals surface area contributed by atoms with Crippen molar-refractivity contribution in [2.24, 2.45) is 5.14 Å². The Morgan fingerprint density at radius 3 is 2.61 bits per heavy atom. The van der Waals surface area contributed by atoms with Gasteiger partial charge in [-0.3, -0.25) is 0 Å². The molecular weight excluding hydrogens is 274 g/mol. The first-order valence-corrected chi connectivity index (χ1v) is 7.92. The van der Waals surface area contributed by atoms with Crippen LogP contribution in [0, 0.1) is 0 Å². The lowest BCUT2D eigenvalue weighted by Gasteiger charge is -2.07. The van der Waals surface area contributed by atoms with E-state index in [1.807, 2.05) is 6.92 Å². The molecule has 0 heterocycles. The smallest absolute Gasteiger partial charge is 0.336 e. The number of hydrogen-bond donors (Lipinski definition) is 2. The summed E-state index contributed by atoms with van der Waals surface area (Å²) in [6, 6.07) is 3.92. The van der Waals surface area contributed by atoms with Crippen LogP contribution in [0.5, 0.6) is 0 Å². The summed E-state index contributed by atoms with van der Waals surface area (Å²) in [5.41, 5.74) is -0.0253. The fourth-order valence-electron chi connectivity index (χ4n) is 1.31. The fraction of sp³-hybridized carbons (Fsp3) is 0.364. The molecule has 1 rings (SSSR count). The van der Waals surface area contributed by atoms with Gasteiger partial charge in [0.15, 0.2) is 0 Å². The van der Waals surface area contributed by atoms with E-state index in [0.717, 1.165) is 24.7 Å². The molecule has 1 aromatic rings. The quantitative estimate of drug-likeness (QED) is 0.616. The number of hydrogen-bond acceptors (Lipinski definition) is 4. The predicted molar refractivity (Wildman–Crippen MR) is 70.4 cm³/mol. The Morgan fingerprint density at radius 2 is 2.11 bits per heavy atom. The number of carbonyl (C=O) groups is 1. The van der Waals surface area contributed by atoms with E-state index >= 15 is 0 Å². The number of thioether (sulfide) groups is 1. The van der Waals surface area contributed by atoms with Crippen molar-refractivity contribution in [2.75, 3.05) is 5.75 Å². The minimum atomic E-state index is -3.87. The van der Waals surface area contributed by atoms with Crippen LogP contribution < -0.4 is 5.14 Å². The van der Waals surface area contributed by atoms with Gasteiger partial charge in [0.2, 0.25) is 10.0 Å². The molecule has 0 aliphatic heterocycles. The Morgan fingerprint density at radius 1 is 1.44 bits per heavy atom. The predicted octanol–water partition coefficient (Wildman–Crippen LogP) is 1.92. The largest absolute Gasteiger partial charge is 0.478 e. The van der Waals surface area contributed by atoms with E-state index in [1.165, 1.54) is 23.9 Å². The summed E-state index contributed by atoms with van der Waals surface area (Å²) in [5, 5.41) is 14.0. The Labute approximate surface area is 110 Å². The molecule has 0 amide bonds. The first-order valence-electron chi connectivity index (χ1n) is 5.39. The third-order valence-electron chi connectivity index (χ3n) is 2.27. The van der Waals surface area contributed by atoms with Crippen LogP contribution in [-0.2, 0) is 10.0 Å². The number of unbranched alkanes of at least 4 members (excludes halogenated alkanes) is 1. The molecular formula is C11H15NO4S2. The zero-order chi connectivity index (χ0) is 13.8. The highest BCUT2D eigenvalue weighted by Crippen LogP contribution is 2.26. The van der Waals surface area contributed by atoms with Crippen LogP contribution in [0.15, 0.2) is 28.0 Å². The molecule has 0 saturated heterocycles. The topological polar surface area (TPSA) is 97.5 Å². The summed E-state index contributed by atoms with van der Waals surface area (Å²) in [5.74, 6) is -0.356. The van der Waals surface area contributed by atoms with Gasteiger partial charge in [0, 0.05) is 4.90 Å². The molecule has 0 bridgehead atoms. The Kier molecular flexibility index (Phi) is 5.18. The molecule has 0 fully saturated rings. The van der Waals surface area contributed by atoms with E-state index in [4.69, 9.17) is 10.2 Å². The summed E-state index contributed by atoms with van der Waals surface area (Å²) in [6.07, 6.45) is 1.99. The van der Waals surface area contributed by atoms with E-state index in [1.54, 1.807) is 0 Å². The Hall–Kier alpha value is -1.05. The molecule has 0 atom stereocenters. The first-order chi connectivity index (χ1) is 8.36. The number of sulfonamides is 1. The summed E-state index contributed by atoms with van der Waals surface area (Å²) in [4.78, 5) is 11.5. The van der Waals surface area contributed by atoms with Crippen LogP contribution in [0.25, 0.3) is 0 Å². The number of benzene rings is 1. The Bertz CT molecular complexity index is 540. The van der Waals surface area contributed by atoms with Crippen LogP contribution in [-0.4, -0.2) is 25.2 Å². The number of primary sulfonamides is 1. The van der Waals surface area contributed by atoms with Gasteiger partial charge in [-0.25, -0.2) is 18.4 Å². The van der Waals surface area contributed by atoms with Crippen LogP contribution in [0.3, 0.4) is 0 Å². The lowest BCUT2D eigenvalue weighted by molar-refractivity contribution is 0.0693. The lowest BCUT2D eigenvalue weighted by Crippen LogP contribution is -2.13. The summed E-state index contributed by atoms with van der Waals surface area (Å²) in [6.45, 7) is 2.04. The second-order valence-electron chi connectivity index (χ2n) is 3.71. The van der Waals surface area contributed by atoms with Crippen molar-refractivity contribution in [1.82, 2.24) is 0 Å². The van der Waals surface area contributed by atoms with Gasteiger partial charge in [0.05, 0.1) is 10.5 Å². The van der Waals surface area contributed by atoms with Crippen molar-refractivity contribution in [3.8, 4) is 0 Å². The van der Waals surface area contributed by atoms with Crippen LogP contribution in [0.2, 0.25) is 0 Å². The standard InChI is InChI=1S/C11H15NO4S2/c1-2-3-6-17-10-5-4-8(18(12,15)16)7-9(10)11(13)14/h4-5,7H,2-3,6H2,1H3,(H,13,14)(H2,12,15,16). The molecule has 7 heteroatoms. The summed E-state index contributed by atoms with van der Waals surface area (Å²) < 4.78 is 22.3. The molecule has 0 aromatic heterocycles. The molecule has 18 heavy (non-hydrogen) atoms. The van der Waals surface area contributed by atoms with Gasteiger partial charge in [-0.15, -0.1) is 11.8 Å². The highest BCUT2D eigenvalue weighted by molar-refractivity contribution is 7.99. The molecule has 0 radical (unpaired) electrons. The summed E-state index contributed by atoms with van der Waals surface area (Å²) in [7, 11) is -3.87. The summed E-state index contributed by atoms with van der Waals surface area (Å²) >= 11 is 1.40. The van der Waals surface area contributed by atoms with Gasteiger partial charge in [0.25, 0.3) is 0 Å². The van der Waals surface area contributed by atoms with Crippen molar-refractivity contribution >= 4 is 27.8 Å². The van der Waals surface area contributed by atoms with Crippen LogP contribution in [0.1, 0.15) is 30.1 Å². The van der Waals surface area contributed by atoms with E-state index in [-0.39, 0.29) is 10.5 Å². The molecule has 1 aromatic carbocycles. The van der Waals surface area contributed by atoms with Crippen molar-refractivity contribution in [3.05, 3.63) is 23.8 Å². The number of nitrogens with two attached hydrogens (primary N) is 1. The average molecular weight is 289 g/mol. The third kappa shape index (κ3) is 4.01. The number of carboxylic acids is 1. The van der Waals surface area contributed by atoms with Crippen molar-refractivity contribution in [3.63, 3.8) is 0 Å². The molecule has 0 unspecified atom stereocenters. The highest BCUT2D eigenvalue weighted by Gasteiger charge is 2.15. The molecule has 0 aliphatic carbocycles. The van der Waals surface area contributed by atoms with E-state index < -0.39 is 16.0 Å². The van der Waals surface area contributed by atoms with E-state index in [0.29, 0.717) is 4.90 Å². The van der Waals surface area contributed by atoms with Gasteiger partial charge in [-0.1, -0.05) is 13.3 Å². The second-order valence-corrected chi connectivity index (χ2v) is 6.41. The monoisotopic (exact) mass is 289 g/mol. The van der Waals surface area contributed by atoms with Crippen molar-refractivity contribution < 1.29 is 18.3 Å². The van der Waals surface area contributed by atoms with Crippen LogP contribution in [0.4, 0.5) is 0 Å². The van der Waals surface area contributed by atoms with Crippen molar-refractivity contribution in [2.45, 2.75) is 29.6 Å². The minimum Gasteiger partial charge on any atom is -0.478 e. The number of carboxylic acid groups (broad SMARTS) is 1. The number of aromatic carboxylic acids is 1. The maximum absolute atomic E-state index is 11.2. The highest BCUT2D eigenvalue weighted by atomic mass is 32.2. The van der Waals surface area contributed by atoms with Crippen LogP contribution >= 0.6 is 11.8 Å². The maximum Gasteiger partial charge on any atom is 0.336 e. The molecule has 3 N–H and O–H groups in total. The average Bonchev–Trinajstić information content (AvgIpc) is 2.28. The van der Waals surface area contributed by atoms with Gasteiger partial charge in [-0.05, 0) is 30.4 Å². The Balaban J connectivity index is 3.09. The van der Waals surface area contributed by atoms with Crippen molar-refractivity contribution in [1.29, 1.82) is 0 Å². The molecule has 0 saturated carbocycles. The SMILES string of the molecule is CCCCSc1ccc(S(N)(=O)=O)cc1C(=O)O. The second kappa shape index (κ2) is 6.21. The van der Waals surface area contributed by atoms with E-state index in [2.05, 4.69) is 0 Å². The third-order valence-corrected chi connectivity index (χ3v) is 4.34. The lowest BCUT2D eigenvalue weighted by atomic mass is 10.2. The molecule has 100 valence electrons. The van der Waals surface area contributed by atoms with Gasteiger partial charge >= 0.3 is 5.97 Å². The van der Waals surface area contributed by atoms with Gasteiger partial charge in [-0.2, -0.15) is 0 Å². The first kappa shape index (κ1) is 15.0. The van der Waals surface area contributed by atoms with Gasteiger partial charge < -0.3 is 5.11 Å². The molecule has 0 spiro atoms. The zero-order valence-corrected chi connectivity index (χ0v) is 11.6. The maximum atomic E-state index is 11.2. The van der Waals surface area contributed by atoms with E-state index in [9.17, 15) is 13.2 Å². The molecule has 5 nitrogen and oxygen atoms in total. The number of rotatable bonds is 6. The fourth-order valence-corrected chi connectivity index (χ4v) is 2.96. The zero-order valence-electron chi connectivity index (χ0n) is 9.92.